The van der Waals surface area contributed by atoms with Gasteiger partial charge in [-0.2, -0.15) is 0 Å². The largest absolute Gasteiger partial charge is 0.314 e. The van der Waals surface area contributed by atoms with Crippen molar-refractivity contribution < 1.29 is 4.21 Å². The Labute approximate surface area is 106 Å². The van der Waals surface area contributed by atoms with Crippen LogP contribution < -0.4 is 5.32 Å². The van der Waals surface area contributed by atoms with Gasteiger partial charge in [0.15, 0.2) is 0 Å². The molecular formula is C14H21NOS. The Balaban J connectivity index is 2.20. The van der Waals surface area contributed by atoms with Gasteiger partial charge >= 0.3 is 0 Å². The van der Waals surface area contributed by atoms with Gasteiger partial charge in [0.1, 0.15) is 0 Å². The first-order valence-corrected chi connectivity index (χ1v) is 7.55. The van der Waals surface area contributed by atoms with Crippen molar-refractivity contribution in [3.8, 4) is 0 Å². The highest BCUT2D eigenvalue weighted by Crippen LogP contribution is 2.26. The molecule has 2 atom stereocenters. The summed E-state index contributed by atoms with van der Waals surface area (Å²) >= 11 is 0. The molecule has 1 aliphatic heterocycles. The van der Waals surface area contributed by atoms with Gasteiger partial charge < -0.3 is 5.32 Å². The predicted molar refractivity (Wildman–Crippen MR) is 73.8 cm³/mol. The van der Waals surface area contributed by atoms with E-state index >= 15 is 0 Å². The summed E-state index contributed by atoms with van der Waals surface area (Å²) in [5.74, 6) is 0.770. The van der Waals surface area contributed by atoms with Gasteiger partial charge in [0.05, 0.1) is 5.25 Å². The number of rotatable bonds is 1. The van der Waals surface area contributed by atoms with Gasteiger partial charge in [0.25, 0.3) is 0 Å². The van der Waals surface area contributed by atoms with Crippen LogP contribution in [0.5, 0.6) is 0 Å². The second-order valence-electron chi connectivity index (χ2n) is 5.65. The van der Waals surface area contributed by atoms with E-state index in [1.54, 1.807) is 0 Å². The first-order valence-electron chi connectivity index (χ1n) is 6.17. The van der Waals surface area contributed by atoms with Crippen LogP contribution in [0.15, 0.2) is 24.3 Å². The van der Waals surface area contributed by atoms with Crippen molar-refractivity contribution >= 4 is 10.8 Å². The van der Waals surface area contributed by atoms with E-state index in [0.29, 0.717) is 0 Å². The number of hydrogen-bond donors (Lipinski definition) is 1. The van der Waals surface area contributed by atoms with E-state index in [0.717, 1.165) is 18.8 Å². The average Bonchev–Trinajstić information content (AvgIpc) is 2.29. The highest BCUT2D eigenvalue weighted by Gasteiger charge is 2.22. The van der Waals surface area contributed by atoms with Gasteiger partial charge in [-0.05, 0) is 16.5 Å². The third-order valence-corrected chi connectivity index (χ3v) is 4.96. The number of hydrogen-bond acceptors (Lipinski definition) is 2. The maximum Gasteiger partial charge on any atom is 0.0722 e. The Morgan fingerprint density at radius 1 is 1.24 bits per heavy atom. The van der Waals surface area contributed by atoms with E-state index in [2.05, 4.69) is 50.4 Å². The predicted octanol–water partition coefficient (Wildman–Crippen LogP) is 2.38. The number of nitrogens with one attached hydrogen (secondary N) is 1. The molecule has 1 aromatic carbocycles. The van der Waals surface area contributed by atoms with Crippen LogP contribution in [0.3, 0.4) is 0 Å². The fraction of sp³-hybridized carbons (Fsp3) is 0.571. The van der Waals surface area contributed by atoms with Gasteiger partial charge in [-0.3, -0.25) is 4.21 Å². The molecule has 2 nitrogen and oxygen atoms in total. The standard InChI is InChI=1S/C14H21NOS/c1-14(2,3)12-6-4-11(5-7-12)13-10-15-8-9-17(13)16/h4-7,13,15H,8-10H2,1-3H3. The lowest BCUT2D eigenvalue weighted by atomic mass is 9.86. The molecule has 1 aliphatic rings. The lowest BCUT2D eigenvalue weighted by Gasteiger charge is -2.24. The molecule has 0 spiro atoms. The summed E-state index contributed by atoms with van der Waals surface area (Å²) in [6.07, 6.45) is 0. The minimum atomic E-state index is -0.719. The molecule has 0 saturated carbocycles. The fourth-order valence-corrected chi connectivity index (χ4v) is 3.50. The van der Waals surface area contributed by atoms with Crippen LogP contribution in [0.25, 0.3) is 0 Å². The Hall–Kier alpha value is -0.670. The van der Waals surface area contributed by atoms with Gasteiger partial charge in [-0.1, -0.05) is 45.0 Å². The topological polar surface area (TPSA) is 29.1 Å². The Morgan fingerprint density at radius 3 is 2.41 bits per heavy atom. The van der Waals surface area contributed by atoms with Gasteiger partial charge in [-0.25, -0.2) is 0 Å². The van der Waals surface area contributed by atoms with E-state index in [9.17, 15) is 4.21 Å². The first kappa shape index (κ1) is 12.8. The van der Waals surface area contributed by atoms with Crippen LogP contribution in [-0.2, 0) is 16.2 Å². The smallest absolute Gasteiger partial charge is 0.0722 e. The summed E-state index contributed by atoms with van der Waals surface area (Å²) in [6, 6.07) is 8.61. The first-order chi connectivity index (χ1) is 7.98. The molecule has 3 heteroatoms. The fourth-order valence-electron chi connectivity index (χ4n) is 2.11. The average molecular weight is 251 g/mol. The minimum Gasteiger partial charge on any atom is -0.314 e. The molecule has 2 unspecified atom stereocenters. The van der Waals surface area contributed by atoms with Crippen LogP contribution >= 0.6 is 0 Å². The Kier molecular flexibility index (Phi) is 3.69. The molecule has 94 valence electrons. The molecule has 2 rings (SSSR count). The zero-order valence-electron chi connectivity index (χ0n) is 10.8. The zero-order valence-corrected chi connectivity index (χ0v) is 11.6. The summed E-state index contributed by atoms with van der Waals surface area (Å²) in [5, 5.41) is 3.48. The highest BCUT2D eigenvalue weighted by atomic mass is 32.2. The van der Waals surface area contributed by atoms with E-state index in [-0.39, 0.29) is 10.7 Å². The maximum absolute atomic E-state index is 11.9. The molecular weight excluding hydrogens is 230 g/mol. The van der Waals surface area contributed by atoms with Crippen molar-refractivity contribution in [1.82, 2.24) is 5.32 Å². The van der Waals surface area contributed by atoms with Crippen molar-refractivity contribution in [2.24, 2.45) is 0 Å². The second kappa shape index (κ2) is 4.91. The van der Waals surface area contributed by atoms with Gasteiger partial charge in [0.2, 0.25) is 0 Å². The van der Waals surface area contributed by atoms with Crippen LogP contribution in [0.1, 0.15) is 37.1 Å². The summed E-state index contributed by atoms with van der Waals surface area (Å²) in [5.41, 5.74) is 2.71. The molecule has 0 radical (unpaired) electrons. The highest BCUT2D eigenvalue weighted by molar-refractivity contribution is 7.85. The summed E-state index contributed by atoms with van der Waals surface area (Å²) in [6.45, 7) is 8.34. The zero-order chi connectivity index (χ0) is 12.5. The van der Waals surface area contributed by atoms with E-state index < -0.39 is 10.8 Å². The third-order valence-electron chi connectivity index (χ3n) is 3.28. The van der Waals surface area contributed by atoms with E-state index in [1.165, 1.54) is 11.1 Å². The van der Waals surface area contributed by atoms with Crippen molar-refractivity contribution in [3.63, 3.8) is 0 Å². The van der Waals surface area contributed by atoms with Crippen LogP contribution in [0.2, 0.25) is 0 Å². The molecule has 1 saturated heterocycles. The monoisotopic (exact) mass is 251 g/mol. The SMILES string of the molecule is CC(C)(C)c1ccc(C2CNCCS2=O)cc1. The molecule has 0 amide bonds. The molecule has 0 aromatic heterocycles. The van der Waals surface area contributed by atoms with Crippen molar-refractivity contribution in [3.05, 3.63) is 35.4 Å². The molecule has 1 aromatic rings. The van der Waals surface area contributed by atoms with E-state index in [1.807, 2.05) is 0 Å². The molecule has 0 aliphatic carbocycles. The molecule has 1 fully saturated rings. The quantitative estimate of drug-likeness (QED) is 0.830. The molecule has 17 heavy (non-hydrogen) atoms. The van der Waals surface area contributed by atoms with Crippen LogP contribution in [-0.4, -0.2) is 23.1 Å². The summed E-state index contributed by atoms with van der Waals surface area (Å²) in [7, 11) is -0.719. The van der Waals surface area contributed by atoms with Crippen molar-refractivity contribution in [1.29, 1.82) is 0 Å². The normalized spacial score (nSPS) is 25.8. The lowest BCUT2D eigenvalue weighted by molar-refractivity contribution is 0.589. The van der Waals surface area contributed by atoms with Crippen LogP contribution in [0, 0.1) is 0 Å². The van der Waals surface area contributed by atoms with Crippen molar-refractivity contribution in [2.75, 3.05) is 18.8 Å². The Bertz CT molecular complexity index is 405. The molecule has 1 N–H and O–H groups in total. The van der Waals surface area contributed by atoms with Crippen molar-refractivity contribution in [2.45, 2.75) is 31.4 Å². The minimum absolute atomic E-state index is 0.165. The lowest BCUT2D eigenvalue weighted by Crippen LogP contribution is -2.35. The van der Waals surface area contributed by atoms with Gasteiger partial charge in [-0.15, -0.1) is 0 Å². The third kappa shape index (κ3) is 2.96. The molecule has 1 heterocycles. The summed E-state index contributed by atoms with van der Waals surface area (Å²) in [4.78, 5) is 0. The van der Waals surface area contributed by atoms with E-state index in [4.69, 9.17) is 0 Å². The van der Waals surface area contributed by atoms with Gasteiger partial charge in [0, 0.05) is 29.6 Å². The van der Waals surface area contributed by atoms with Crippen LogP contribution in [0.4, 0.5) is 0 Å². The molecule has 0 bridgehead atoms. The Morgan fingerprint density at radius 2 is 1.88 bits per heavy atom. The summed E-state index contributed by atoms with van der Waals surface area (Å²) < 4.78 is 11.9. The second-order valence-corrected chi connectivity index (χ2v) is 7.39. The number of benzene rings is 1. The maximum atomic E-state index is 11.9.